The average Bonchev–Trinajstić information content (AvgIpc) is 2.84. The van der Waals surface area contributed by atoms with Crippen molar-refractivity contribution in [2.75, 3.05) is 11.9 Å². The van der Waals surface area contributed by atoms with Gasteiger partial charge in [0, 0.05) is 11.3 Å². The number of anilines is 1. The van der Waals surface area contributed by atoms with Gasteiger partial charge in [-0.05, 0) is 61.7 Å². The second-order valence-electron chi connectivity index (χ2n) is 7.70. The number of benzene rings is 3. The summed E-state index contributed by atoms with van der Waals surface area (Å²) in [4.78, 5) is 12.6. The topological polar surface area (TPSA) is 71.4 Å². The van der Waals surface area contributed by atoms with Crippen molar-refractivity contribution in [3.8, 4) is 17.6 Å². The van der Waals surface area contributed by atoms with Gasteiger partial charge in [-0.25, -0.2) is 0 Å². The highest BCUT2D eigenvalue weighted by Crippen LogP contribution is 2.35. The quantitative estimate of drug-likeness (QED) is 0.224. The molecule has 0 heterocycles. The molecule has 1 amide bonds. The Hall–Kier alpha value is -4.30. The molecule has 0 radical (unpaired) electrons. The van der Waals surface area contributed by atoms with Gasteiger partial charge in [0.1, 0.15) is 18.2 Å². The molecule has 0 saturated heterocycles. The van der Waals surface area contributed by atoms with Crippen molar-refractivity contribution < 1.29 is 14.3 Å². The highest BCUT2D eigenvalue weighted by Gasteiger charge is 2.15. The molecular formula is C29H28N2O3. The van der Waals surface area contributed by atoms with Crippen LogP contribution < -0.4 is 14.8 Å². The number of nitriles is 1. The van der Waals surface area contributed by atoms with Crippen molar-refractivity contribution in [2.24, 2.45) is 0 Å². The molecule has 0 aliphatic heterocycles. The van der Waals surface area contributed by atoms with Crippen molar-refractivity contribution in [1.29, 1.82) is 5.26 Å². The van der Waals surface area contributed by atoms with E-state index < -0.39 is 5.91 Å². The summed E-state index contributed by atoms with van der Waals surface area (Å²) in [5.41, 5.74) is 4.38. The molecule has 5 nitrogen and oxygen atoms in total. The number of carbonyl (C=O) groups excluding carboxylic acids is 1. The molecule has 0 atom stereocenters. The monoisotopic (exact) mass is 452 g/mol. The van der Waals surface area contributed by atoms with Gasteiger partial charge in [-0.15, -0.1) is 6.58 Å². The number of carbonyl (C=O) groups is 1. The number of allylic oxidation sites excluding steroid dienone is 1. The van der Waals surface area contributed by atoms with Gasteiger partial charge < -0.3 is 14.8 Å². The van der Waals surface area contributed by atoms with Crippen molar-refractivity contribution in [2.45, 2.75) is 26.9 Å². The van der Waals surface area contributed by atoms with Crippen LogP contribution in [0.5, 0.6) is 11.5 Å². The fourth-order valence-corrected chi connectivity index (χ4v) is 3.38. The Morgan fingerprint density at radius 3 is 2.47 bits per heavy atom. The molecule has 0 unspecified atom stereocenters. The number of rotatable bonds is 10. The Kier molecular flexibility index (Phi) is 8.65. The van der Waals surface area contributed by atoms with E-state index in [0.29, 0.717) is 42.4 Å². The molecule has 0 aromatic heterocycles. The fraction of sp³-hybridized carbons (Fsp3) is 0.172. The number of hydrogen-bond acceptors (Lipinski definition) is 4. The van der Waals surface area contributed by atoms with Gasteiger partial charge in [0.25, 0.3) is 5.91 Å². The zero-order chi connectivity index (χ0) is 24.3. The third-order valence-electron chi connectivity index (χ3n) is 5.03. The standard InChI is InChI=1S/C29H28N2O3/c1-4-9-24-16-23(17-25(19-30)29(32)31-26-10-7-6-8-11-26)18-27(33-5-2)28(24)34-20-22-14-12-21(3)13-15-22/h4,6-8,10-18H,1,5,9,20H2,2-3H3,(H,31,32)/b25-17+. The Bertz CT molecular complexity index is 1210. The van der Waals surface area contributed by atoms with Gasteiger partial charge in [-0.1, -0.05) is 54.1 Å². The summed E-state index contributed by atoms with van der Waals surface area (Å²) in [7, 11) is 0. The van der Waals surface area contributed by atoms with Crippen LogP contribution >= 0.6 is 0 Å². The Morgan fingerprint density at radius 2 is 1.82 bits per heavy atom. The maximum atomic E-state index is 12.6. The molecule has 0 spiro atoms. The highest BCUT2D eigenvalue weighted by molar-refractivity contribution is 6.09. The van der Waals surface area contributed by atoms with E-state index in [1.807, 2.05) is 68.4 Å². The van der Waals surface area contributed by atoms with Crippen LogP contribution in [0.4, 0.5) is 5.69 Å². The largest absolute Gasteiger partial charge is 0.490 e. The number of hydrogen-bond donors (Lipinski definition) is 1. The lowest BCUT2D eigenvalue weighted by atomic mass is 10.0. The summed E-state index contributed by atoms with van der Waals surface area (Å²) in [6.45, 7) is 8.63. The van der Waals surface area contributed by atoms with Crippen LogP contribution in [0.3, 0.4) is 0 Å². The summed E-state index contributed by atoms with van der Waals surface area (Å²) < 4.78 is 12.0. The van der Waals surface area contributed by atoms with Crippen LogP contribution in [0, 0.1) is 18.3 Å². The summed E-state index contributed by atoms with van der Waals surface area (Å²) in [6.07, 6.45) is 3.88. The zero-order valence-corrected chi connectivity index (χ0v) is 19.5. The summed E-state index contributed by atoms with van der Waals surface area (Å²) >= 11 is 0. The van der Waals surface area contributed by atoms with E-state index in [2.05, 4.69) is 11.9 Å². The molecule has 34 heavy (non-hydrogen) atoms. The Labute approximate surface area is 201 Å². The first-order valence-corrected chi connectivity index (χ1v) is 11.1. The van der Waals surface area contributed by atoms with Crippen LogP contribution in [0.25, 0.3) is 6.08 Å². The predicted molar refractivity (Wildman–Crippen MR) is 136 cm³/mol. The normalized spacial score (nSPS) is 10.8. The first-order chi connectivity index (χ1) is 16.5. The second-order valence-corrected chi connectivity index (χ2v) is 7.70. The Morgan fingerprint density at radius 1 is 1.09 bits per heavy atom. The molecular weight excluding hydrogens is 424 g/mol. The molecule has 1 N–H and O–H groups in total. The highest BCUT2D eigenvalue weighted by atomic mass is 16.5. The number of para-hydroxylation sites is 1. The maximum absolute atomic E-state index is 12.6. The molecule has 0 bridgehead atoms. The van der Waals surface area contributed by atoms with Gasteiger partial charge in [0.2, 0.25) is 0 Å². The smallest absolute Gasteiger partial charge is 0.266 e. The second kappa shape index (κ2) is 12.1. The van der Waals surface area contributed by atoms with E-state index >= 15 is 0 Å². The predicted octanol–water partition coefficient (Wildman–Crippen LogP) is 6.25. The minimum atomic E-state index is -0.475. The first-order valence-electron chi connectivity index (χ1n) is 11.1. The molecule has 0 aliphatic rings. The zero-order valence-electron chi connectivity index (χ0n) is 19.5. The average molecular weight is 453 g/mol. The van der Waals surface area contributed by atoms with E-state index in [1.165, 1.54) is 5.56 Å². The van der Waals surface area contributed by atoms with Gasteiger partial charge in [0.05, 0.1) is 6.61 Å². The van der Waals surface area contributed by atoms with Crippen molar-refractivity contribution in [3.05, 3.63) is 107 Å². The number of nitrogens with zero attached hydrogens (tertiary/aromatic N) is 1. The molecule has 3 aromatic rings. The van der Waals surface area contributed by atoms with Crippen LogP contribution in [-0.2, 0) is 17.8 Å². The van der Waals surface area contributed by atoms with Crippen LogP contribution in [0.15, 0.2) is 85.0 Å². The van der Waals surface area contributed by atoms with Crippen LogP contribution in [0.2, 0.25) is 0 Å². The van der Waals surface area contributed by atoms with Gasteiger partial charge in [-0.3, -0.25) is 4.79 Å². The summed E-state index contributed by atoms with van der Waals surface area (Å²) in [5.74, 6) is 0.712. The van der Waals surface area contributed by atoms with Crippen molar-refractivity contribution in [3.63, 3.8) is 0 Å². The van der Waals surface area contributed by atoms with E-state index in [4.69, 9.17) is 9.47 Å². The molecule has 5 heteroatoms. The van der Waals surface area contributed by atoms with E-state index in [-0.39, 0.29) is 5.57 Å². The third kappa shape index (κ3) is 6.60. The molecule has 172 valence electrons. The Balaban J connectivity index is 1.92. The SMILES string of the molecule is C=CCc1cc(/C=C(\C#N)C(=O)Nc2ccccc2)cc(OCC)c1OCc1ccc(C)cc1. The van der Waals surface area contributed by atoms with Crippen LogP contribution in [0.1, 0.15) is 29.2 Å². The minimum Gasteiger partial charge on any atom is -0.490 e. The van der Waals surface area contributed by atoms with Crippen LogP contribution in [-0.4, -0.2) is 12.5 Å². The van der Waals surface area contributed by atoms with Gasteiger partial charge in [-0.2, -0.15) is 5.26 Å². The van der Waals surface area contributed by atoms with Gasteiger partial charge >= 0.3 is 0 Å². The van der Waals surface area contributed by atoms with Crippen molar-refractivity contribution >= 4 is 17.7 Å². The molecule has 3 rings (SSSR count). The minimum absolute atomic E-state index is 0.0100. The lowest BCUT2D eigenvalue weighted by molar-refractivity contribution is -0.112. The summed E-state index contributed by atoms with van der Waals surface area (Å²) in [6, 6.07) is 22.9. The summed E-state index contributed by atoms with van der Waals surface area (Å²) in [5, 5.41) is 12.4. The van der Waals surface area contributed by atoms with E-state index in [1.54, 1.807) is 30.4 Å². The number of aryl methyl sites for hydroxylation is 1. The maximum Gasteiger partial charge on any atom is 0.266 e. The van der Waals surface area contributed by atoms with E-state index in [9.17, 15) is 10.1 Å². The van der Waals surface area contributed by atoms with Crippen molar-refractivity contribution in [1.82, 2.24) is 0 Å². The molecule has 3 aromatic carbocycles. The fourth-order valence-electron chi connectivity index (χ4n) is 3.38. The van der Waals surface area contributed by atoms with E-state index in [0.717, 1.165) is 11.1 Å². The first kappa shape index (κ1) is 24.3. The number of nitrogens with one attached hydrogen (secondary N) is 1. The van der Waals surface area contributed by atoms with Gasteiger partial charge in [0.15, 0.2) is 11.5 Å². The number of ether oxygens (including phenoxy) is 2. The molecule has 0 fully saturated rings. The lowest BCUT2D eigenvalue weighted by Crippen LogP contribution is -2.13. The molecule has 0 saturated carbocycles. The molecule has 0 aliphatic carbocycles. The third-order valence-corrected chi connectivity index (χ3v) is 5.03. The lowest BCUT2D eigenvalue weighted by Gasteiger charge is -2.17. The number of amides is 1.